The van der Waals surface area contributed by atoms with Crippen molar-refractivity contribution in [2.75, 3.05) is 25.0 Å². The highest BCUT2D eigenvalue weighted by Gasteiger charge is 2.34. The van der Waals surface area contributed by atoms with Crippen LogP contribution < -0.4 is 10.6 Å². The van der Waals surface area contributed by atoms with E-state index in [1.54, 1.807) is 0 Å². The lowest BCUT2D eigenvalue weighted by Crippen LogP contribution is -2.19. The quantitative estimate of drug-likeness (QED) is 0.788. The zero-order valence-corrected chi connectivity index (χ0v) is 11.5. The summed E-state index contributed by atoms with van der Waals surface area (Å²) < 4.78 is 38.5. The largest absolute Gasteiger partial charge is 0.419 e. The number of nitrogens with one attached hydrogen (secondary N) is 2. The lowest BCUT2D eigenvalue weighted by atomic mass is 10.2. The molecule has 1 aromatic heterocycles. The summed E-state index contributed by atoms with van der Waals surface area (Å²) in [6, 6.07) is 1.03. The van der Waals surface area contributed by atoms with E-state index in [1.165, 1.54) is 6.20 Å². The number of rotatable bonds is 6. The number of aromatic nitrogens is 1. The van der Waals surface area contributed by atoms with Crippen molar-refractivity contribution in [3.63, 3.8) is 0 Å². The third-order valence-electron chi connectivity index (χ3n) is 2.23. The Morgan fingerprint density at radius 2 is 2.06 bits per heavy atom. The van der Waals surface area contributed by atoms with Gasteiger partial charge in [0.15, 0.2) is 0 Å². The third-order valence-corrected chi connectivity index (χ3v) is 2.67. The zero-order chi connectivity index (χ0) is 13.6. The van der Waals surface area contributed by atoms with E-state index in [4.69, 9.17) is 0 Å². The van der Waals surface area contributed by atoms with Crippen molar-refractivity contribution in [1.82, 2.24) is 10.3 Å². The lowest BCUT2D eigenvalue weighted by molar-refractivity contribution is -0.137. The Morgan fingerprint density at radius 1 is 1.33 bits per heavy atom. The van der Waals surface area contributed by atoms with E-state index >= 15 is 0 Å². The minimum atomic E-state index is -4.40. The van der Waals surface area contributed by atoms with Crippen LogP contribution in [0.5, 0.6) is 0 Å². The number of halogens is 4. The molecule has 0 radical (unpaired) electrons. The van der Waals surface area contributed by atoms with Gasteiger partial charge in [-0.3, -0.25) is 0 Å². The molecular formula is C11H15BrF3N3. The van der Waals surface area contributed by atoms with Crippen LogP contribution in [0.25, 0.3) is 0 Å². The number of alkyl halides is 3. The van der Waals surface area contributed by atoms with Gasteiger partial charge >= 0.3 is 6.18 Å². The fourth-order valence-electron chi connectivity index (χ4n) is 1.39. The van der Waals surface area contributed by atoms with Crippen LogP contribution in [0.2, 0.25) is 0 Å². The number of anilines is 1. The van der Waals surface area contributed by atoms with Crippen LogP contribution in [0.3, 0.4) is 0 Å². The molecule has 7 heteroatoms. The smallest absolute Gasteiger partial charge is 0.370 e. The Morgan fingerprint density at radius 3 is 2.67 bits per heavy atom. The van der Waals surface area contributed by atoms with Gasteiger partial charge in [0.05, 0.1) is 5.56 Å². The maximum Gasteiger partial charge on any atom is 0.419 e. The van der Waals surface area contributed by atoms with Gasteiger partial charge in [-0.25, -0.2) is 4.98 Å². The molecule has 3 nitrogen and oxygen atoms in total. The summed E-state index contributed by atoms with van der Waals surface area (Å²) in [5.41, 5.74) is -0.750. The second-order valence-corrected chi connectivity index (χ2v) is 4.60. The van der Waals surface area contributed by atoms with E-state index in [0.717, 1.165) is 25.6 Å². The first-order chi connectivity index (χ1) is 8.45. The van der Waals surface area contributed by atoms with Gasteiger partial charge in [0.2, 0.25) is 0 Å². The highest BCUT2D eigenvalue weighted by Crippen LogP contribution is 2.35. The van der Waals surface area contributed by atoms with Crippen molar-refractivity contribution in [2.45, 2.75) is 19.5 Å². The van der Waals surface area contributed by atoms with E-state index in [-0.39, 0.29) is 5.82 Å². The van der Waals surface area contributed by atoms with Crippen molar-refractivity contribution >= 4 is 21.7 Å². The Hall–Kier alpha value is -0.820. The zero-order valence-electron chi connectivity index (χ0n) is 9.94. The molecule has 0 bridgehead atoms. The molecule has 0 aliphatic heterocycles. The molecule has 1 aromatic rings. The van der Waals surface area contributed by atoms with Crippen molar-refractivity contribution in [3.8, 4) is 0 Å². The van der Waals surface area contributed by atoms with E-state index in [0.29, 0.717) is 11.0 Å². The minimum Gasteiger partial charge on any atom is -0.370 e. The average Bonchev–Trinajstić information content (AvgIpc) is 2.29. The first-order valence-electron chi connectivity index (χ1n) is 5.62. The van der Waals surface area contributed by atoms with Gasteiger partial charge in [-0.05, 0) is 41.5 Å². The highest BCUT2D eigenvalue weighted by molar-refractivity contribution is 9.10. The third kappa shape index (κ3) is 4.81. The van der Waals surface area contributed by atoms with Crippen molar-refractivity contribution in [1.29, 1.82) is 0 Å². The first kappa shape index (κ1) is 15.2. The predicted molar refractivity (Wildman–Crippen MR) is 68.6 cm³/mol. The number of nitrogens with zero attached hydrogens (tertiary/aromatic N) is 1. The summed E-state index contributed by atoms with van der Waals surface area (Å²) in [4.78, 5) is 3.76. The molecule has 0 fully saturated rings. The van der Waals surface area contributed by atoms with Gasteiger partial charge in [-0.1, -0.05) is 6.92 Å². The molecule has 18 heavy (non-hydrogen) atoms. The summed E-state index contributed by atoms with van der Waals surface area (Å²) in [5, 5.41) is 5.81. The fraction of sp³-hybridized carbons (Fsp3) is 0.545. The second-order valence-electron chi connectivity index (χ2n) is 3.68. The van der Waals surface area contributed by atoms with Crippen LogP contribution in [0.15, 0.2) is 16.7 Å². The number of pyridine rings is 1. The van der Waals surface area contributed by atoms with E-state index < -0.39 is 11.7 Å². The summed E-state index contributed by atoms with van der Waals surface area (Å²) in [6.45, 7) is 4.04. The molecule has 0 aromatic carbocycles. The van der Waals surface area contributed by atoms with Gasteiger partial charge in [0.1, 0.15) is 5.82 Å². The normalized spacial score (nSPS) is 11.6. The van der Waals surface area contributed by atoms with Gasteiger partial charge in [-0.2, -0.15) is 13.2 Å². The summed E-state index contributed by atoms with van der Waals surface area (Å²) in [7, 11) is 0. The maximum absolute atomic E-state index is 12.7. The van der Waals surface area contributed by atoms with Gasteiger partial charge in [0.25, 0.3) is 0 Å². The Kier molecular flexibility index (Phi) is 5.87. The SMILES string of the molecule is CCNCCCNc1ncc(Br)cc1C(F)(F)F. The molecule has 0 aliphatic rings. The monoisotopic (exact) mass is 325 g/mol. The molecule has 1 rings (SSSR count). The standard InChI is InChI=1S/C11H15BrF3N3/c1-2-16-4-3-5-17-10-9(11(13,14)15)6-8(12)7-18-10/h6-7,16H,2-5H2,1H3,(H,17,18). The molecule has 0 spiro atoms. The van der Waals surface area contributed by atoms with E-state index in [2.05, 4.69) is 31.5 Å². The van der Waals surface area contributed by atoms with Crippen molar-refractivity contribution < 1.29 is 13.2 Å². The second kappa shape index (κ2) is 6.94. The van der Waals surface area contributed by atoms with Crippen LogP contribution in [0, 0.1) is 0 Å². The maximum atomic E-state index is 12.7. The molecule has 0 aliphatic carbocycles. The fourth-order valence-corrected chi connectivity index (χ4v) is 1.72. The van der Waals surface area contributed by atoms with Crippen molar-refractivity contribution in [2.24, 2.45) is 0 Å². The number of hydrogen-bond acceptors (Lipinski definition) is 3. The molecule has 0 amide bonds. The van der Waals surface area contributed by atoms with Crippen LogP contribution in [-0.2, 0) is 6.18 Å². The topological polar surface area (TPSA) is 37.0 Å². The molecule has 1 heterocycles. The molecule has 0 saturated heterocycles. The Balaban J connectivity index is 2.65. The van der Waals surface area contributed by atoms with Crippen molar-refractivity contribution in [3.05, 3.63) is 22.3 Å². The molecule has 0 atom stereocenters. The van der Waals surface area contributed by atoms with Crippen LogP contribution >= 0.6 is 15.9 Å². The molecular weight excluding hydrogens is 311 g/mol. The Labute approximate surface area is 112 Å². The van der Waals surface area contributed by atoms with Gasteiger partial charge < -0.3 is 10.6 Å². The summed E-state index contributed by atoms with van der Waals surface area (Å²) in [6.07, 6.45) is -2.31. The lowest BCUT2D eigenvalue weighted by Gasteiger charge is -2.13. The van der Waals surface area contributed by atoms with Crippen LogP contribution in [0.1, 0.15) is 18.9 Å². The van der Waals surface area contributed by atoms with E-state index in [1.807, 2.05) is 6.92 Å². The predicted octanol–water partition coefficient (Wildman–Crippen LogP) is 3.27. The average molecular weight is 326 g/mol. The Bertz CT molecular complexity index is 382. The van der Waals surface area contributed by atoms with Crippen LogP contribution in [0.4, 0.5) is 19.0 Å². The molecule has 2 N–H and O–H groups in total. The highest BCUT2D eigenvalue weighted by atomic mass is 79.9. The summed E-state index contributed by atoms with van der Waals surface area (Å²) >= 11 is 2.99. The molecule has 0 unspecified atom stereocenters. The summed E-state index contributed by atoms with van der Waals surface area (Å²) in [5.74, 6) is -0.123. The minimum absolute atomic E-state index is 0.123. The number of hydrogen-bond donors (Lipinski definition) is 2. The van der Waals surface area contributed by atoms with Gasteiger partial charge in [0, 0.05) is 17.2 Å². The van der Waals surface area contributed by atoms with E-state index in [9.17, 15) is 13.2 Å². The van der Waals surface area contributed by atoms with Crippen LogP contribution in [-0.4, -0.2) is 24.6 Å². The molecule has 0 saturated carbocycles. The molecule has 102 valence electrons. The first-order valence-corrected chi connectivity index (χ1v) is 6.41. The van der Waals surface area contributed by atoms with Gasteiger partial charge in [-0.15, -0.1) is 0 Å².